The summed E-state index contributed by atoms with van der Waals surface area (Å²) in [6, 6.07) is 12.1. The molecule has 2 bridgehead atoms. The van der Waals surface area contributed by atoms with Gasteiger partial charge in [-0.25, -0.2) is 9.59 Å². The van der Waals surface area contributed by atoms with Crippen LogP contribution in [0.5, 0.6) is 0 Å². The fraction of sp³-hybridized carbons (Fsp3) is 0.623. The Morgan fingerprint density at radius 3 is 2.27 bits per heavy atom. The summed E-state index contributed by atoms with van der Waals surface area (Å²) in [5.41, 5.74) is -0.428. The summed E-state index contributed by atoms with van der Waals surface area (Å²) < 4.78 is 36.0. The molecule has 17 heteroatoms. The van der Waals surface area contributed by atoms with Gasteiger partial charge in [-0.3, -0.25) is 24.0 Å². The second-order valence-electron chi connectivity index (χ2n) is 21.1. The largest absolute Gasteiger partial charge is 0.462 e. The van der Waals surface area contributed by atoms with Crippen LogP contribution in [0.2, 0.25) is 0 Å². The van der Waals surface area contributed by atoms with Crippen LogP contribution in [0, 0.1) is 10.8 Å². The van der Waals surface area contributed by atoms with Crippen molar-refractivity contribution >= 4 is 41.8 Å². The van der Waals surface area contributed by atoms with E-state index in [0.29, 0.717) is 24.0 Å². The lowest BCUT2D eigenvalue weighted by Crippen LogP contribution is -2.69. The lowest BCUT2D eigenvalue weighted by Gasteiger charge is -2.48. The molecule has 2 aromatic carbocycles. The SMILES string of the molecule is CCCCCC1(CCCCC)O[C@@H]2[C@H](O1)[C@H]1ON(Cc3ccc(C=CC(=O)O[C@H]4C(=O)OCC4(C)C)cc3)[C@@H]3C(=O)O[C@@H]2C[C@]13C(=O)NCc1cccc(C(=O)N[C@H](CO)CCC(=O)OC(C)(C)C)c1. The van der Waals surface area contributed by atoms with Crippen molar-refractivity contribution in [3.8, 4) is 0 Å². The van der Waals surface area contributed by atoms with E-state index in [1.165, 1.54) is 11.1 Å². The molecule has 4 heterocycles. The topological polar surface area (TPSA) is 215 Å². The number of hydroxylamine groups is 2. The normalized spacial score (nSPS) is 26.8. The molecule has 0 unspecified atom stereocenters. The highest BCUT2D eigenvalue weighted by Crippen LogP contribution is 2.58. The maximum Gasteiger partial charge on any atom is 0.348 e. The molecular weight excluding hydrogens is 903 g/mol. The first-order valence-electron chi connectivity index (χ1n) is 24.9. The number of nitrogens with one attached hydrogen (secondary N) is 2. The Kier molecular flexibility index (Phi) is 16.6. The van der Waals surface area contributed by atoms with Crippen LogP contribution >= 0.6 is 0 Å². The molecule has 0 aromatic heterocycles. The number of unbranched alkanes of at least 4 members (excludes halogenated alkanes) is 4. The minimum Gasteiger partial charge on any atom is -0.462 e. The van der Waals surface area contributed by atoms with Gasteiger partial charge in [-0.15, -0.1) is 0 Å². The van der Waals surface area contributed by atoms with Gasteiger partial charge in [0.15, 0.2) is 11.8 Å². The van der Waals surface area contributed by atoms with E-state index in [4.69, 9.17) is 33.3 Å². The van der Waals surface area contributed by atoms with Gasteiger partial charge >= 0.3 is 23.9 Å². The zero-order valence-corrected chi connectivity index (χ0v) is 41.6. The van der Waals surface area contributed by atoms with Crippen LogP contribution in [0.4, 0.5) is 0 Å². The summed E-state index contributed by atoms with van der Waals surface area (Å²) in [6.07, 6.45) is 6.10. The van der Waals surface area contributed by atoms with Crippen LogP contribution in [-0.2, 0) is 70.3 Å². The number of fused-ring (bicyclic) bond motifs is 4. The number of carbonyl (C=O) groups is 6. The molecule has 382 valence electrons. The molecule has 1 saturated carbocycles. The third-order valence-corrected chi connectivity index (χ3v) is 13.8. The maximum absolute atomic E-state index is 15.1. The first-order chi connectivity index (χ1) is 33.3. The van der Waals surface area contributed by atoms with Crippen molar-refractivity contribution in [3.05, 3.63) is 76.9 Å². The second-order valence-corrected chi connectivity index (χ2v) is 21.1. The molecule has 5 fully saturated rings. The van der Waals surface area contributed by atoms with Gasteiger partial charge in [-0.1, -0.05) is 89.8 Å². The molecule has 17 nitrogen and oxygen atoms in total. The van der Waals surface area contributed by atoms with E-state index < -0.39 is 101 Å². The lowest BCUT2D eigenvalue weighted by molar-refractivity contribution is -0.224. The van der Waals surface area contributed by atoms with Gasteiger partial charge in [0, 0.05) is 49.3 Å². The minimum absolute atomic E-state index is 0.0105. The molecule has 7 rings (SSSR count). The van der Waals surface area contributed by atoms with Crippen LogP contribution in [0.15, 0.2) is 54.6 Å². The number of cyclic esters (lactones) is 1. The standard InChI is InChI=1S/C53H71N3O14/c1-8-10-12-25-52(26-13-11-9-2)68-41-38-28-53(49(63)54-29-35-15-14-16-36(27-35)46(60)55-37(31-57)22-24-40(59)67-50(3,4)5)43(47(61)65-38)56(70-44(53)42(41)69-52)30-34-19-17-33(18-20-34)21-23-39(58)66-45-48(62)64-32-51(45,6)7/h14-21,23,27,37-38,41-45,57H,8-13,22,24-26,28-32H2,1-7H3,(H,54,63)(H,55,60)/t37-,38+,41-,42-,43+,44+,45-,53+/m0/s1. The number of carbonyl (C=O) groups excluding carboxylic acids is 6. The summed E-state index contributed by atoms with van der Waals surface area (Å²) in [6.45, 7) is 13.1. The van der Waals surface area contributed by atoms with Gasteiger partial charge in [0.1, 0.15) is 42.0 Å². The average Bonchev–Trinajstić information content (AvgIpc) is 3.96. The molecule has 0 radical (unpaired) electrons. The molecule has 8 atom stereocenters. The molecular formula is C53H71N3O14. The Morgan fingerprint density at radius 2 is 1.63 bits per heavy atom. The van der Waals surface area contributed by atoms with E-state index in [9.17, 15) is 29.1 Å². The van der Waals surface area contributed by atoms with Gasteiger partial charge in [-0.05, 0) is 74.9 Å². The predicted molar refractivity (Wildman–Crippen MR) is 254 cm³/mol. The van der Waals surface area contributed by atoms with Gasteiger partial charge < -0.3 is 44.2 Å². The highest BCUT2D eigenvalue weighted by molar-refractivity contribution is 5.95. The van der Waals surface area contributed by atoms with Crippen LogP contribution in [0.3, 0.4) is 0 Å². The first kappa shape index (κ1) is 52.6. The van der Waals surface area contributed by atoms with Gasteiger partial charge in [-0.2, -0.15) is 5.06 Å². The van der Waals surface area contributed by atoms with Crippen molar-refractivity contribution in [1.29, 1.82) is 0 Å². The third-order valence-electron chi connectivity index (χ3n) is 13.8. The molecule has 5 aliphatic rings. The Bertz CT molecular complexity index is 2250. The predicted octanol–water partition coefficient (Wildman–Crippen LogP) is 6.16. The van der Waals surface area contributed by atoms with Crippen molar-refractivity contribution in [2.75, 3.05) is 13.2 Å². The molecule has 3 N–H and O–H groups in total. The van der Waals surface area contributed by atoms with Crippen molar-refractivity contribution in [2.24, 2.45) is 10.8 Å². The van der Waals surface area contributed by atoms with Gasteiger partial charge in [0.2, 0.25) is 12.0 Å². The number of hydrogen-bond acceptors (Lipinski definition) is 15. The highest BCUT2D eigenvalue weighted by Gasteiger charge is 2.76. The highest BCUT2D eigenvalue weighted by atomic mass is 16.8. The van der Waals surface area contributed by atoms with Gasteiger partial charge in [0.05, 0.1) is 19.2 Å². The molecule has 70 heavy (non-hydrogen) atoms. The summed E-state index contributed by atoms with van der Waals surface area (Å²) in [4.78, 5) is 86.8. The fourth-order valence-corrected chi connectivity index (χ4v) is 10.2. The number of aliphatic hydroxyl groups is 1. The average molecular weight is 974 g/mol. The zero-order chi connectivity index (χ0) is 50.4. The lowest BCUT2D eigenvalue weighted by atomic mass is 9.62. The van der Waals surface area contributed by atoms with E-state index in [-0.39, 0.29) is 51.1 Å². The van der Waals surface area contributed by atoms with Crippen molar-refractivity contribution in [1.82, 2.24) is 15.7 Å². The maximum atomic E-state index is 15.1. The zero-order valence-electron chi connectivity index (χ0n) is 41.6. The Morgan fingerprint density at radius 1 is 0.929 bits per heavy atom. The quantitative estimate of drug-likeness (QED) is 0.0521. The Hall–Kier alpha value is -5.20. The van der Waals surface area contributed by atoms with E-state index in [1.54, 1.807) is 77.1 Å². The number of aliphatic hydroxyl groups excluding tert-OH is 1. The smallest absolute Gasteiger partial charge is 0.348 e. The van der Waals surface area contributed by atoms with E-state index >= 15 is 4.79 Å². The van der Waals surface area contributed by atoms with Gasteiger partial charge in [0.25, 0.3) is 5.91 Å². The molecule has 0 spiro atoms. The monoisotopic (exact) mass is 973 g/mol. The van der Waals surface area contributed by atoms with Crippen molar-refractivity contribution in [3.63, 3.8) is 0 Å². The Balaban J connectivity index is 1.10. The molecule has 2 aromatic rings. The van der Waals surface area contributed by atoms with Crippen LogP contribution in [-0.4, -0.2) is 113 Å². The van der Waals surface area contributed by atoms with Crippen LogP contribution in [0.25, 0.3) is 6.08 Å². The van der Waals surface area contributed by atoms with Crippen LogP contribution in [0.1, 0.15) is 146 Å². The number of amides is 2. The first-order valence-corrected chi connectivity index (χ1v) is 24.9. The van der Waals surface area contributed by atoms with E-state index in [0.717, 1.165) is 44.1 Å². The summed E-state index contributed by atoms with van der Waals surface area (Å²) >= 11 is 0. The molecule has 4 aliphatic heterocycles. The summed E-state index contributed by atoms with van der Waals surface area (Å²) in [7, 11) is 0. The number of hydrogen-bond donors (Lipinski definition) is 3. The minimum atomic E-state index is -1.45. The van der Waals surface area contributed by atoms with Crippen molar-refractivity contribution in [2.45, 2.75) is 186 Å². The number of esters is 4. The number of benzene rings is 2. The van der Waals surface area contributed by atoms with Crippen molar-refractivity contribution < 1.29 is 67.1 Å². The second kappa shape index (κ2) is 22.1. The molecule has 1 aliphatic carbocycles. The number of rotatable bonds is 22. The third kappa shape index (κ3) is 11.9. The Labute approximate surface area is 410 Å². The fourth-order valence-electron chi connectivity index (χ4n) is 10.2. The molecule has 4 saturated heterocycles. The van der Waals surface area contributed by atoms with E-state index in [1.807, 2.05) is 12.1 Å². The van der Waals surface area contributed by atoms with E-state index in [2.05, 4.69) is 24.5 Å². The summed E-state index contributed by atoms with van der Waals surface area (Å²) in [5, 5.41) is 17.4. The van der Waals surface area contributed by atoms with Crippen LogP contribution < -0.4 is 10.6 Å². The molecule has 2 amide bonds. The number of nitrogens with zero attached hydrogens (tertiary/aromatic N) is 1. The number of ether oxygens (including phenoxy) is 6. The summed E-state index contributed by atoms with van der Waals surface area (Å²) in [5.74, 6) is -4.13.